The Morgan fingerprint density at radius 3 is 2.50 bits per heavy atom. The molecule has 0 bridgehead atoms. The van der Waals surface area contributed by atoms with Gasteiger partial charge >= 0.3 is 0 Å². The van der Waals surface area contributed by atoms with Crippen molar-refractivity contribution in [2.24, 2.45) is 5.14 Å². The zero-order valence-corrected chi connectivity index (χ0v) is 12.3. The molecule has 0 atom stereocenters. The molecule has 0 aliphatic carbocycles. The molecule has 0 saturated carbocycles. The van der Waals surface area contributed by atoms with E-state index in [1.165, 1.54) is 0 Å². The Bertz CT molecular complexity index is 731. The minimum Gasteiger partial charge on any atom is -0.456 e. The first kappa shape index (κ1) is 16.5. The second kappa shape index (κ2) is 6.91. The summed E-state index contributed by atoms with van der Waals surface area (Å²) in [5.74, 6) is -4.07. The number of ether oxygens (including phenoxy) is 1. The summed E-state index contributed by atoms with van der Waals surface area (Å²) in [5.41, 5.74) is -0.333. The highest BCUT2D eigenvalue weighted by Gasteiger charge is 2.16. The fraction of sp³-hybridized carbons (Fsp3) is 0. The van der Waals surface area contributed by atoms with Gasteiger partial charge < -0.3 is 4.74 Å². The second-order valence-electron chi connectivity index (χ2n) is 3.99. The Hall–Kier alpha value is -1.90. The maximum atomic E-state index is 13.9. The van der Waals surface area contributed by atoms with Gasteiger partial charge in [-0.15, -0.1) is 0 Å². The predicted octanol–water partition coefficient (Wildman–Crippen LogP) is 3.80. The summed E-state index contributed by atoms with van der Waals surface area (Å²) in [6.45, 7) is 0. The molecule has 0 aromatic heterocycles. The van der Waals surface area contributed by atoms with E-state index in [0.29, 0.717) is 12.1 Å². The lowest BCUT2D eigenvalue weighted by atomic mass is 10.2. The van der Waals surface area contributed by atoms with Gasteiger partial charge in [-0.25, -0.2) is 13.2 Å². The molecule has 0 spiro atoms. The molecule has 116 valence electrons. The summed E-state index contributed by atoms with van der Waals surface area (Å²) in [6.07, 6.45) is 0. The maximum Gasteiger partial charge on any atom is 0.265 e. The van der Waals surface area contributed by atoms with Gasteiger partial charge in [0.05, 0.1) is 10.6 Å². The fourth-order valence-corrected chi connectivity index (χ4v) is 1.98. The molecular weight excluding hydrogens is 341 g/mol. The van der Waals surface area contributed by atoms with Crippen molar-refractivity contribution in [2.75, 3.05) is 0 Å². The van der Waals surface area contributed by atoms with Crippen LogP contribution in [0.3, 0.4) is 0 Å². The van der Waals surface area contributed by atoms with Crippen LogP contribution in [0.5, 0.6) is 11.5 Å². The Balaban J connectivity index is 2.30. The van der Waals surface area contributed by atoms with Gasteiger partial charge in [0, 0.05) is 24.3 Å². The molecule has 0 unspecified atom stereocenters. The van der Waals surface area contributed by atoms with E-state index < -0.39 is 23.4 Å². The zero-order chi connectivity index (χ0) is 16.3. The highest BCUT2D eigenvalue weighted by Crippen LogP contribution is 2.32. The van der Waals surface area contributed by atoms with Crippen molar-refractivity contribution in [3.63, 3.8) is 0 Å². The van der Waals surface area contributed by atoms with Gasteiger partial charge in [-0.05, 0) is 18.2 Å². The molecule has 22 heavy (non-hydrogen) atoms. The number of benzene rings is 2. The van der Waals surface area contributed by atoms with E-state index in [4.69, 9.17) is 21.5 Å². The van der Waals surface area contributed by atoms with Crippen LogP contribution in [0.4, 0.5) is 13.2 Å². The van der Waals surface area contributed by atoms with E-state index in [-0.39, 0.29) is 22.1 Å². The van der Waals surface area contributed by atoms with E-state index in [0.717, 1.165) is 30.3 Å². The van der Waals surface area contributed by atoms with Crippen molar-refractivity contribution in [3.8, 4) is 11.5 Å². The number of nitrogens with two attached hydrogens (primary N) is 1. The zero-order valence-electron chi connectivity index (χ0n) is 10.7. The molecule has 4 nitrogen and oxygen atoms in total. The van der Waals surface area contributed by atoms with E-state index in [1.54, 1.807) is 0 Å². The summed E-state index contributed by atoms with van der Waals surface area (Å²) in [7, 11) is 0. The summed E-state index contributed by atoms with van der Waals surface area (Å²) in [6, 6.07) is 4.69. The van der Waals surface area contributed by atoms with Crippen molar-refractivity contribution >= 4 is 29.6 Å². The third-order valence-corrected chi connectivity index (χ3v) is 3.14. The highest BCUT2D eigenvalue weighted by molar-refractivity contribution is 7.95. The predicted molar refractivity (Wildman–Crippen MR) is 77.1 cm³/mol. The Labute approximate surface area is 132 Å². The van der Waals surface area contributed by atoms with Crippen molar-refractivity contribution < 1.29 is 22.7 Å². The van der Waals surface area contributed by atoms with Gasteiger partial charge in [-0.1, -0.05) is 11.6 Å². The first-order chi connectivity index (χ1) is 10.4. The monoisotopic (exact) mass is 348 g/mol. The van der Waals surface area contributed by atoms with Gasteiger partial charge in [-0.2, -0.15) is 0 Å². The lowest BCUT2D eigenvalue weighted by molar-refractivity contribution is 0.0980. The lowest BCUT2D eigenvalue weighted by Crippen LogP contribution is -2.19. The smallest absolute Gasteiger partial charge is 0.265 e. The van der Waals surface area contributed by atoms with Gasteiger partial charge in [0.15, 0.2) is 11.6 Å². The number of carbonyl (C=O) groups excluding carboxylic acids is 1. The number of carbonyl (C=O) groups is 1. The van der Waals surface area contributed by atoms with E-state index in [9.17, 15) is 18.0 Å². The standard InChI is InChI=1S/C13H8ClF3N2O2S/c14-8-4-7(13(20)19-22-18)10(16)5-12(8)21-6-1-2-9(15)11(17)3-6/h1-5H,18H2,(H,19,20). The van der Waals surface area contributed by atoms with Crippen LogP contribution in [0.1, 0.15) is 10.4 Å². The molecular formula is C13H8ClF3N2O2S. The molecule has 0 aliphatic heterocycles. The van der Waals surface area contributed by atoms with Gasteiger partial charge in [-0.3, -0.25) is 14.7 Å². The SMILES string of the molecule is NSNC(=O)c1cc(Cl)c(Oc2ccc(F)c(F)c2)cc1F. The summed E-state index contributed by atoms with van der Waals surface area (Å²) in [4.78, 5) is 11.5. The number of hydrogen-bond donors (Lipinski definition) is 2. The van der Waals surface area contributed by atoms with Crippen molar-refractivity contribution in [1.82, 2.24) is 4.72 Å². The number of halogens is 4. The largest absolute Gasteiger partial charge is 0.456 e. The minimum absolute atomic E-state index is 0.0742. The summed E-state index contributed by atoms with van der Waals surface area (Å²) in [5, 5.41) is 4.97. The average molecular weight is 349 g/mol. The topological polar surface area (TPSA) is 64.3 Å². The normalized spacial score (nSPS) is 10.4. The molecule has 2 aromatic carbocycles. The molecule has 1 amide bonds. The van der Waals surface area contributed by atoms with Crippen LogP contribution >= 0.6 is 23.7 Å². The third-order valence-electron chi connectivity index (χ3n) is 2.54. The number of amides is 1. The van der Waals surface area contributed by atoms with Crippen LogP contribution in [0.2, 0.25) is 5.02 Å². The minimum atomic E-state index is -1.12. The van der Waals surface area contributed by atoms with Crippen molar-refractivity contribution in [2.45, 2.75) is 0 Å². The Morgan fingerprint density at radius 2 is 1.86 bits per heavy atom. The van der Waals surface area contributed by atoms with E-state index in [1.807, 2.05) is 0 Å². The Kier molecular flexibility index (Phi) is 5.17. The summed E-state index contributed by atoms with van der Waals surface area (Å²) < 4.78 is 47.1. The summed E-state index contributed by atoms with van der Waals surface area (Å²) >= 11 is 6.40. The molecule has 0 aliphatic rings. The highest BCUT2D eigenvalue weighted by atomic mass is 35.5. The van der Waals surface area contributed by atoms with Crippen LogP contribution in [-0.4, -0.2) is 5.91 Å². The van der Waals surface area contributed by atoms with Crippen LogP contribution in [0.25, 0.3) is 0 Å². The molecule has 0 fully saturated rings. The van der Waals surface area contributed by atoms with Gasteiger partial charge in [0.25, 0.3) is 5.91 Å². The molecule has 2 rings (SSSR count). The fourth-order valence-electron chi connectivity index (χ4n) is 1.56. The molecule has 0 radical (unpaired) electrons. The molecule has 2 aromatic rings. The van der Waals surface area contributed by atoms with E-state index in [2.05, 4.69) is 4.72 Å². The maximum absolute atomic E-state index is 13.9. The molecule has 3 N–H and O–H groups in total. The van der Waals surface area contributed by atoms with Crippen molar-refractivity contribution in [3.05, 3.63) is 58.4 Å². The average Bonchev–Trinajstić information content (AvgIpc) is 2.46. The second-order valence-corrected chi connectivity index (χ2v) is 4.84. The lowest BCUT2D eigenvalue weighted by Gasteiger charge is -2.10. The van der Waals surface area contributed by atoms with Crippen LogP contribution in [-0.2, 0) is 0 Å². The number of hydrogen-bond acceptors (Lipinski definition) is 4. The molecule has 0 heterocycles. The van der Waals surface area contributed by atoms with Gasteiger partial charge in [0.1, 0.15) is 17.3 Å². The van der Waals surface area contributed by atoms with Crippen LogP contribution < -0.4 is 14.6 Å². The number of nitrogens with one attached hydrogen (secondary N) is 1. The van der Waals surface area contributed by atoms with Crippen molar-refractivity contribution in [1.29, 1.82) is 0 Å². The quantitative estimate of drug-likeness (QED) is 0.825. The first-order valence-corrected chi connectivity index (χ1v) is 6.96. The molecule has 0 saturated heterocycles. The van der Waals surface area contributed by atoms with E-state index >= 15 is 0 Å². The van der Waals surface area contributed by atoms with Crippen LogP contribution in [0, 0.1) is 17.5 Å². The molecule has 9 heteroatoms. The van der Waals surface area contributed by atoms with Gasteiger partial charge in [0.2, 0.25) is 0 Å². The van der Waals surface area contributed by atoms with Crippen LogP contribution in [0.15, 0.2) is 30.3 Å². The first-order valence-electron chi connectivity index (χ1n) is 5.70. The Morgan fingerprint density at radius 1 is 1.14 bits per heavy atom. The third kappa shape index (κ3) is 3.65. The number of rotatable bonds is 4.